The van der Waals surface area contributed by atoms with Crippen LogP contribution in [0.15, 0.2) is 24.3 Å². The monoisotopic (exact) mass is 374 g/mol. The van der Waals surface area contributed by atoms with E-state index in [0.29, 0.717) is 13.0 Å². The highest BCUT2D eigenvalue weighted by atomic mass is 16.5. The van der Waals surface area contributed by atoms with Gasteiger partial charge in [-0.1, -0.05) is 50.3 Å². The van der Waals surface area contributed by atoms with Crippen LogP contribution < -0.4 is 10.1 Å². The summed E-state index contributed by atoms with van der Waals surface area (Å²) in [5.74, 6) is 1.48. The maximum Gasteiger partial charge on any atom is 0.255 e. The molecule has 0 bridgehead atoms. The summed E-state index contributed by atoms with van der Waals surface area (Å²) in [6.07, 6.45) is 9.09. The Morgan fingerprint density at radius 1 is 1.22 bits per heavy atom. The van der Waals surface area contributed by atoms with Crippen LogP contribution in [0, 0.1) is 5.92 Å². The van der Waals surface area contributed by atoms with E-state index in [2.05, 4.69) is 5.32 Å². The van der Waals surface area contributed by atoms with Gasteiger partial charge in [-0.25, -0.2) is 0 Å². The fourth-order valence-electron chi connectivity index (χ4n) is 4.51. The fourth-order valence-corrected chi connectivity index (χ4v) is 4.51. The molecule has 3 rings (SSSR count). The molecule has 150 valence electrons. The summed E-state index contributed by atoms with van der Waals surface area (Å²) < 4.78 is 5.36. The molecule has 0 unspecified atom stereocenters. The summed E-state index contributed by atoms with van der Waals surface area (Å²) in [6.45, 7) is 2.42. The number of piperidine rings is 1. The molecule has 1 aliphatic carbocycles. The first-order valence-electron chi connectivity index (χ1n) is 10.5. The number of hydrogen-bond acceptors (Lipinski definition) is 4. The third kappa shape index (κ3) is 5.23. The molecule has 5 nitrogen and oxygen atoms in total. The van der Waals surface area contributed by atoms with Crippen molar-refractivity contribution < 1.29 is 14.6 Å². The highest BCUT2D eigenvalue weighted by Crippen LogP contribution is 2.28. The van der Waals surface area contributed by atoms with Crippen molar-refractivity contribution in [2.24, 2.45) is 5.92 Å². The molecule has 1 aliphatic heterocycles. The number of benzene rings is 1. The van der Waals surface area contributed by atoms with Gasteiger partial charge >= 0.3 is 0 Å². The fraction of sp³-hybridized carbons (Fsp3) is 0.682. The minimum absolute atomic E-state index is 0.0999. The van der Waals surface area contributed by atoms with E-state index in [1.165, 1.54) is 32.1 Å². The van der Waals surface area contributed by atoms with Crippen LogP contribution in [0.3, 0.4) is 0 Å². The molecule has 1 heterocycles. The number of likely N-dealkylation sites (tertiary alicyclic amines) is 1. The average molecular weight is 375 g/mol. The van der Waals surface area contributed by atoms with Gasteiger partial charge in [0, 0.05) is 31.7 Å². The summed E-state index contributed by atoms with van der Waals surface area (Å²) in [6, 6.07) is 7.82. The Labute approximate surface area is 163 Å². The first-order chi connectivity index (χ1) is 13.1. The number of carbonyl (C=O) groups is 1. The zero-order valence-corrected chi connectivity index (χ0v) is 16.6. The van der Waals surface area contributed by atoms with E-state index in [1.54, 1.807) is 7.11 Å². The number of hydrogen-bond donors (Lipinski definition) is 2. The molecule has 2 fully saturated rings. The zero-order chi connectivity index (χ0) is 19.1. The minimum Gasteiger partial charge on any atom is -0.496 e. The summed E-state index contributed by atoms with van der Waals surface area (Å²) in [4.78, 5) is 14.8. The standard InChI is InChI=1S/C22H34N2O3/c1-27-20-11-6-5-10-19(20)16-23-17-22(26)13-7-14-24(21(22)25)15-12-18-8-3-2-4-9-18/h5-6,10-11,18,23,26H,2-4,7-9,12-17H2,1H3/t22-/m1/s1. The Morgan fingerprint density at radius 3 is 2.78 bits per heavy atom. The Kier molecular flexibility index (Phi) is 7.13. The summed E-state index contributed by atoms with van der Waals surface area (Å²) in [5.41, 5.74) is -0.256. The molecule has 1 saturated carbocycles. The molecule has 0 aromatic heterocycles. The quantitative estimate of drug-likeness (QED) is 0.734. The SMILES string of the molecule is COc1ccccc1CNC[C@]1(O)CCCN(CCC2CCCCC2)C1=O. The van der Waals surface area contributed by atoms with Crippen LogP contribution in [0.5, 0.6) is 5.75 Å². The summed E-state index contributed by atoms with van der Waals surface area (Å²) >= 11 is 0. The van der Waals surface area contributed by atoms with Crippen molar-refractivity contribution in [1.82, 2.24) is 10.2 Å². The van der Waals surface area contributed by atoms with Crippen molar-refractivity contribution in [1.29, 1.82) is 0 Å². The van der Waals surface area contributed by atoms with Crippen LogP contribution in [0.4, 0.5) is 0 Å². The third-order valence-corrected chi connectivity index (χ3v) is 6.16. The second-order valence-electron chi connectivity index (χ2n) is 8.14. The van der Waals surface area contributed by atoms with Gasteiger partial charge in [0.25, 0.3) is 5.91 Å². The highest BCUT2D eigenvalue weighted by Gasteiger charge is 2.41. The predicted octanol–water partition coefficient (Wildman–Crippen LogP) is 3.11. The normalized spacial score (nSPS) is 24.2. The number of nitrogens with zero attached hydrogens (tertiary/aromatic N) is 1. The molecule has 1 atom stereocenters. The molecule has 5 heteroatoms. The van der Waals surface area contributed by atoms with Crippen LogP contribution in [-0.4, -0.2) is 48.3 Å². The van der Waals surface area contributed by atoms with Gasteiger partial charge in [0.2, 0.25) is 0 Å². The molecule has 1 saturated heterocycles. The number of carbonyl (C=O) groups excluding carboxylic acids is 1. The van der Waals surface area contributed by atoms with Crippen molar-refractivity contribution in [2.75, 3.05) is 26.7 Å². The molecule has 0 radical (unpaired) electrons. The molecular formula is C22H34N2O3. The largest absolute Gasteiger partial charge is 0.496 e. The van der Waals surface area contributed by atoms with Gasteiger partial charge in [0.15, 0.2) is 5.60 Å². The van der Waals surface area contributed by atoms with Crippen LogP contribution in [-0.2, 0) is 11.3 Å². The number of ether oxygens (including phenoxy) is 1. The van der Waals surface area contributed by atoms with E-state index in [1.807, 2.05) is 29.2 Å². The number of methoxy groups -OCH3 is 1. The minimum atomic E-state index is -1.28. The number of nitrogens with one attached hydrogen (secondary N) is 1. The van der Waals surface area contributed by atoms with Crippen LogP contribution in [0.2, 0.25) is 0 Å². The number of amides is 1. The van der Waals surface area contributed by atoms with Gasteiger partial charge in [-0.3, -0.25) is 4.79 Å². The van der Waals surface area contributed by atoms with Crippen molar-refractivity contribution in [3.05, 3.63) is 29.8 Å². The zero-order valence-electron chi connectivity index (χ0n) is 16.6. The first kappa shape index (κ1) is 20.2. The smallest absolute Gasteiger partial charge is 0.255 e. The number of aliphatic hydroxyl groups is 1. The first-order valence-corrected chi connectivity index (χ1v) is 10.5. The van der Waals surface area contributed by atoms with Crippen molar-refractivity contribution in [3.63, 3.8) is 0 Å². The second-order valence-corrected chi connectivity index (χ2v) is 8.14. The lowest BCUT2D eigenvalue weighted by molar-refractivity contribution is -0.156. The van der Waals surface area contributed by atoms with Gasteiger partial charge in [-0.2, -0.15) is 0 Å². The van der Waals surface area contributed by atoms with Gasteiger partial charge in [-0.05, 0) is 31.2 Å². The second kappa shape index (κ2) is 9.56. The van der Waals surface area contributed by atoms with Crippen molar-refractivity contribution in [2.45, 2.75) is 63.5 Å². The van der Waals surface area contributed by atoms with E-state index in [0.717, 1.165) is 43.2 Å². The summed E-state index contributed by atoms with van der Waals surface area (Å²) in [7, 11) is 1.65. The van der Waals surface area contributed by atoms with E-state index < -0.39 is 5.60 Å². The Hall–Kier alpha value is -1.59. The molecule has 2 N–H and O–H groups in total. The Morgan fingerprint density at radius 2 is 2.00 bits per heavy atom. The van der Waals surface area contributed by atoms with Gasteiger partial charge in [-0.15, -0.1) is 0 Å². The maximum atomic E-state index is 12.9. The average Bonchev–Trinajstić information content (AvgIpc) is 2.70. The molecule has 2 aliphatic rings. The molecule has 0 spiro atoms. The number of para-hydroxylation sites is 1. The lowest BCUT2D eigenvalue weighted by atomic mass is 9.86. The van der Waals surface area contributed by atoms with Crippen molar-refractivity contribution >= 4 is 5.91 Å². The van der Waals surface area contributed by atoms with E-state index >= 15 is 0 Å². The van der Waals surface area contributed by atoms with E-state index in [4.69, 9.17) is 4.74 Å². The molecule has 1 amide bonds. The lowest BCUT2D eigenvalue weighted by Gasteiger charge is -2.39. The van der Waals surface area contributed by atoms with Crippen LogP contribution in [0.25, 0.3) is 0 Å². The Balaban J connectivity index is 1.50. The highest BCUT2D eigenvalue weighted by molar-refractivity contribution is 5.86. The van der Waals surface area contributed by atoms with Crippen molar-refractivity contribution in [3.8, 4) is 5.75 Å². The van der Waals surface area contributed by atoms with Crippen LogP contribution >= 0.6 is 0 Å². The maximum absolute atomic E-state index is 12.9. The molecular weight excluding hydrogens is 340 g/mol. The molecule has 27 heavy (non-hydrogen) atoms. The number of rotatable bonds is 8. The molecule has 1 aromatic carbocycles. The van der Waals surface area contributed by atoms with Crippen LogP contribution in [0.1, 0.15) is 56.9 Å². The topological polar surface area (TPSA) is 61.8 Å². The van der Waals surface area contributed by atoms with Gasteiger partial charge < -0.3 is 20.1 Å². The predicted molar refractivity (Wildman–Crippen MR) is 107 cm³/mol. The van der Waals surface area contributed by atoms with E-state index in [-0.39, 0.29) is 12.5 Å². The van der Waals surface area contributed by atoms with Gasteiger partial charge in [0.05, 0.1) is 7.11 Å². The third-order valence-electron chi connectivity index (χ3n) is 6.16. The lowest BCUT2D eigenvalue weighted by Crippen LogP contribution is -2.58. The Bertz CT molecular complexity index is 615. The molecule has 1 aromatic rings. The summed E-state index contributed by atoms with van der Waals surface area (Å²) in [5, 5.41) is 14.2. The van der Waals surface area contributed by atoms with E-state index in [9.17, 15) is 9.90 Å². The van der Waals surface area contributed by atoms with Gasteiger partial charge in [0.1, 0.15) is 5.75 Å².